The minimum Gasteiger partial charge on any atom is -0.395 e. The SMILES string of the molecule is O=C1CC[C@]2(CCCN(C(=O)Cc3cc(F)cc(F)c3)C2)CN1CCO. The Labute approximate surface area is 151 Å². The van der Waals surface area contributed by atoms with Crippen LogP contribution in [-0.2, 0) is 16.0 Å². The van der Waals surface area contributed by atoms with Gasteiger partial charge in [-0.15, -0.1) is 0 Å². The van der Waals surface area contributed by atoms with Gasteiger partial charge in [0, 0.05) is 44.1 Å². The molecular weight excluding hydrogens is 342 g/mol. The Bertz CT molecular complexity index is 677. The van der Waals surface area contributed by atoms with Crippen LogP contribution in [0, 0.1) is 17.0 Å². The molecule has 0 aliphatic carbocycles. The summed E-state index contributed by atoms with van der Waals surface area (Å²) >= 11 is 0. The maximum Gasteiger partial charge on any atom is 0.227 e. The van der Waals surface area contributed by atoms with Gasteiger partial charge < -0.3 is 14.9 Å². The van der Waals surface area contributed by atoms with Crippen LogP contribution in [0.5, 0.6) is 0 Å². The van der Waals surface area contributed by atoms with Gasteiger partial charge in [-0.2, -0.15) is 0 Å². The average Bonchev–Trinajstić information content (AvgIpc) is 2.58. The zero-order chi connectivity index (χ0) is 18.7. The largest absolute Gasteiger partial charge is 0.395 e. The molecule has 2 heterocycles. The standard InChI is InChI=1S/C19H24F2N2O3/c20-15-8-14(9-16(21)11-15)10-18(26)22-5-1-3-19(12-22)4-2-17(25)23(13-19)6-7-24/h8-9,11,24H,1-7,10,12-13H2/t19-/m0/s1. The molecule has 2 aliphatic heterocycles. The second-order valence-corrected chi connectivity index (χ2v) is 7.41. The van der Waals surface area contributed by atoms with Crippen molar-refractivity contribution < 1.29 is 23.5 Å². The number of benzene rings is 1. The molecule has 1 aromatic carbocycles. The fourth-order valence-electron chi connectivity index (χ4n) is 4.18. The van der Waals surface area contributed by atoms with Gasteiger partial charge in [0.2, 0.25) is 11.8 Å². The van der Waals surface area contributed by atoms with Crippen LogP contribution in [0.15, 0.2) is 18.2 Å². The molecule has 0 bridgehead atoms. The molecule has 2 fully saturated rings. The van der Waals surface area contributed by atoms with E-state index in [-0.39, 0.29) is 30.3 Å². The molecule has 0 unspecified atom stereocenters. The van der Waals surface area contributed by atoms with Crippen molar-refractivity contribution in [2.24, 2.45) is 5.41 Å². The van der Waals surface area contributed by atoms with Crippen LogP contribution >= 0.6 is 0 Å². The summed E-state index contributed by atoms with van der Waals surface area (Å²) in [5.74, 6) is -1.48. The van der Waals surface area contributed by atoms with Crippen LogP contribution in [-0.4, -0.2) is 59.5 Å². The summed E-state index contributed by atoms with van der Waals surface area (Å²) < 4.78 is 26.7. The van der Waals surface area contributed by atoms with Gasteiger partial charge in [-0.05, 0) is 37.0 Å². The molecular formula is C19H24F2N2O3. The van der Waals surface area contributed by atoms with Gasteiger partial charge in [0.25, 0.3) is 0 Å². The minimum atomic E-state index is -0.687. The number of β-amino-alcohol motifs (C(OH)–C–C–N with tert-alkyl or cyclic N) is 1. The summed E-state index contributed by atoms with van der Waals surface area (Å²) in [6.07, 6.45) is 2.89. The lowest BCUT2D eigenvalue weighted by molar-refractivity contribution is -0.143. The number of piperidine rings is 2. The Hall–Kier alpha value is -2.02. The molecule has 0 aromatic heterocycles. The van der Waals surface area contributed by atoms with Gasteiger partial charge in [-0.1, -0.05) is 0 Å². The number of carbonyl (C=O) groups is 2. The van der Waals surface area contributed by atoms with Crippen LogP contribution in [0.2, 0.25) is 0 Å². The van der Waals surface area contributed by atoms with Crippen molar-refractivity contribution in [2.45, 2.75) is 32.1 Å². The van der Waals surface area contributed by atoms with E-state index in [1.165, 1.54) is 12.1 Å². The highest BCUT2D eigenvalue weighted by Crippen LogP contribution is 2.39. The van der Waals surface area contributed by atoms with Gasteiger partial charge in [0.05, 0.1) is 13.0 Å². The number of amides is 2. The highest BCUT2D eigenvalue weighted by molar-refractivity contribution is 5.79. The van der Waals surface area contributed by atoms with Crippen LogP contribution in [0.25, 0.3) is 0 Å². The number of halogens is 2. The summed E-state index contributed by atoms with van der Waals surface area (Å²) in [4.78, 5) is 28.1. The van der Waals surface area contributed by atoms with Crippen molar-refractivity contribution >= 4 is 11.8 Å². The van der Waals surface area contributed by atoms with E-state index >= 15 is 0 Å². The van der Waals surface area contributed by atoms with Gasteiger partial charge in [0.1, 0.15) is 11.6 Å². The Morgan fingerprint density at radius 3 is 2.58 bits per heavy atom. The predicted molar refractivity (Wildman–Crippen MR) is 91.2 cm³/mol. The monoisotopic (exact) mass is 366 g/mol. The van der Waals surface area contributed by atoms with E-state index in [0.717, 1.165) is 25.3 Å². The fourth-order valence-corrected chi connectivity index (χ4v) is 4.18. The van der Waals surface area contributed by atoms with E-state index in [2.05, 4.69) is 0 Å². The lowest BCUT2D eigenvalue weighted by Gasteiger charge is -2.48. The third kappa shape index (κ3) is 4.20. The Balaban J connectivity index is 1.67. The topological polar surface area (TPSA) is 60.9 Å². The predicted octanol–water partition coefficient (Wildman–Crippen LogP) is 1.73. The van der Waals surface area contributed by atoms with Crippen LogP contribution < -0.4 is 0 Å². The first-order valence-corrected chi connectivity index (χ1v) is 9.02. The highest BCUT2D eigenvalue weighted by atomic mass is 19.1. The Morgan fingerprint density at radius 1 is 1.15 bits per heavy atom. The van der Waals surface area contributed by atoms with Gasteiger partial charge in [-0.25, -0.2) is 8.78 Å². The number of hydrogen-bond acceptors (Lipinski definition) is 3. The molecule has 2 aliphatic rings. The average molecular weight is 366 g/mol. The molecule has 0 saturated carbocycles. The second-order valence-electron chi connectivity index (χ2n) is 7.41. The molecule has 1 N–H and O–H groups in total. The summed E-state index contributed by atoms with van der Waals surface area (Å²) in [6, 6.07) is 3.16. The molecule has 26 heavy (non-hydrogen) atoms. The second kappa shape index (κ2) is 7.70. The summed E-state index contributed by atoms with van der Waals surface area (Å²) in [5.41, 5.74) is 0.178. The number of hydrogen-bond donors (Lipinski definition) is 1. The van der Waals surface area contributed by atoms with Gasteiger partial charge >= 0.3 is 0 Å². The fraction of sp³-hybridized carbons (Fsp3) is 0.579. The van der Waals surface area contributed by atoms with Crippen molar-refractivity contribution in [1.82, 2.24) is 9.80 Å². The number of nitrogens with zero attached hydrogens (tertiary/aromatic N) is 2. The van der Waals surface area contributed by atoms with Crippen molar-refractivity contribution in [3.8, 4) is 0 Å². The zero-order valence-corrected chi connectivity index (χ0v) is 14.7. The van der Waals surface area contributed by atoms with E-state index in [9.17, 15) is 18.4 Å². The van der Waals surface area contributed by atoms with Gasteiger partial charge in [-0.3, -0.25) is 9.59 Å². The van der Waals surface area contributed by atoms with Crippen molar-refractivity contribution in [3.05, 3.63) is 35.4 Å². The quantitative estimate of drug-likeness (QED) is 0.883. The third-order valence-corrected chi connectivity index (χ3v) is 5.41. The van der Waals surface area contributed by atoms with Crippen molar-refractivity contribution in [2.75, 3.05) is 32.8 Å². The first kappa shape index (κ1) is 18.8. The van der Waals surface area contributed by atoms with Gasteiger partial charge in [0.15, 0.2) is 0 Å². The first-order chi connectivity index (χ1) is 12.4. The number of rotatable bonds is 4. The Kier molecular flexibility index (Phi) is 5.55. The molecule has 0 radical (unpaired) electrons. The highest BCUT2D eigenvalue weighted by Gasteiger charge is 2.42. The zero-order valence-electron chi connectivity index (χ0n) is 14.7. The molecule has 1 spiro atoms. The number of carbonyl (C=O) groups excluding carboxylic acids is 2. The lowest BCUT2D eigenvalue weighted by Crippen LogP contribution is -2.55. The maximum atomic E-state index is 13.3. The maximum absolute atomic E-state index is 13.3. The summed E-state index contributed by atoms with van der Waals surface area (Å²) in [5, 5.41) is 9.15. The molecule has 5 nitrogen and oxygen atoms in total. The molecule has 142 valence electrons. The molecule has 2 saturated heterocycles. The Morgan fingerprint density at radius 2 is 1.88 bits per heavy atom. The number of aliphatic hydroxyl groups excluding tert-OH is 1. The van der Waals surface area contributed by atoms with Crippen LogP contribution in [0.3, 0.4) is 0 Å². The van der Waals surface area contributed by atoms with E-state index in [0.29, 0.717) is 38.2 Å². The number of likely N-dealkylation sites (tertiary alicyclic amines) is 2. The van der Waals surface area contributed by atoms with Crippen molar-refractivity contribution in [3.63, 3.8) is 0 Å². The first-order valence-electron chi connectivity index (χ1n) is 9.02. The molecule has 7 heteroatoms. The van der Waals surface area contributed by atoms with Crippen LogP contribution in [0.1, 0.15) is 31.2 Å². The van der Waals surface area contributed by atoms with E-state index in [1.54, 1.807) is 9.80 Å². The molecule has 1 aromatic rings. The normalized spacial score (nSPS) is 23.6. The molecule has 2 amide bonds. The number of aliphatic hydroxyl groups is 1. The summed E-state index contributed by atoms with van der Waals surface area (Å²) in [7, 11) is 0. The minimum absolute atomic E-state index is 0.0377. The third-order valence-electron chi connectivity index (χ3n) is 5.41. The van der Waals surface area contributed by atoms with E-state index < -0.39 is 11.6 Å². The smallest absolute Gasteiger partial charge is 0.227 e. The summed E-state index contributed by atoms with van der Waals surface area (Å²) in [6.45, 7) is 1.95. The van der Waals surface area contributed by atoms with E-state index in [4.69, 9.17) is 5.11 Å². The van der Waals surface area contributed by atoms with Crippen molar-refractivity contribution in [1.29, 1.82) is 0 Å². The van der Waals surface area contributed by atoms with Crippen LogP contribution in [0.4, 0.5) is 8.78 Å². The van der Waals surface area contributed by atoms with E-state index in [1.807, 2.05) is 0 Å². The molecule has 1 atom stereocenters. The lowest BCUT2D eigenvalue weighted by atomic mass is 9.73. The molecule has 3 rings (SSSR count).